The Balaban J connectivity index is 1.46. The molecule has 14 heteroatoms. The number of aromatic nitrogens is 5. The zero-order valence-electron chi connectivity index (χ0n) is 19.1. The number of amides is 1. The monoisotopic (exact) mass is 530 g/mol. The molecule has 1 amide bonds. The minimum absolute atomic E-state index is 0.0402. The van der Waals surface area contributed by atoms with E-state index in [1.165, 1.54) is 6.21 Å². The predicted molar refractivity (Wildman–Crippen MR) is 132 cm³/mol. The lowest BCUT2D eigenvalue weighted by molar-refractivity contribution is 0.0946. The highest BCUT2D eigenvalue weighted by Crippen LogP contribution is 2.30. The van der Waals surface area contributed by atoms with Crippen LogP contribution in [-0.4, -0.2) is 44.0 Å². The molecule has 3 N–H and O–H groups in total. The number of nitrogens with zero attached hydrogens (tertiary/aromatic N) is 6. The summed E-state index contributed by atoms with van der Waals surface area (Å²) in [4.78, 5) is 12.7. The predicted octanol–water partition coefficient (Wildman–Crippen LogP) is 3.59. The molecule has 2 heterocycles. The van der Waals surface area contributed by atoms with E-state index in [-0.39, 0.29) is 23.9 Å². The first-order chi connectivity index (χ1) is 17.4. The van der Waals surface area contributed by atoms with E-state index < -0.39 is 5.91 Å². The standard InChI is InChI=1S/C22H20Cl2N8O4/c1-3-34-18-8-13(4-7-17(18)35-11-14-5-6-15(23)9-16(14)24)10-26-28-22(33)19-12(2)27-31-32(19)21-20(25)29-36-30-21/h4-10H,3,11H2,1-2H3,(H2,25,29)(H,28,33)/b26-10+. The van der Waals surface area contributed by atoms with Crippen molar-refractivity contribution < 1.29 is 18.9 Å². The maximum Gasteiger partial charge on any atom is 0.292 e. The van der Waals surface area contributed by atoms with Crippen LogP contribution in [0.2, 0.25) is 10.0 Å². The summed E-state index contributed by atoms with van der Waals surface area (Å²) in [5.41, 5.74) is 9.98. The summed E-state index contributed by atoms with van der Waals surface area (Å²) in [5.74, 6) is 0.447. The third kappa shape index (κ3) is 5.56. The van der Waals surface area contributed by atoms with Crippen LogP contribution in [0.15, 0.2) is 46.1 Å². The van der Waals surface area contributed by atoms with Crippen LogP contribution in [0.3, 0.4) is 0 Å². The number of nitrogen functional groups attached to an aromatic ring is 1. The molecule has 36 heavy (non-hydrogen) atoms. The number of hydrogen-bond acceptors (Lipinski definition) is 10. The van der Waals surface area contributed by atoms with E-state index in [9.17, 15) is 4.79 Å². The number of nitrogens with two attached hydrogens (primary N) is 1. The van der Waals surface area contributed by atoms with Gasteiger partial charge in [-0.3, -0.25) is 4.79 Å². The topological polar surface area (TPSA) is 156 Å². The van der Waals surface area contributed by atoms with Crippen LogP contribution >= 0.6 is 23.2 Å². The molecule has 0 unspecified atom stereocenters. The van der Waals surface area contributed by atoms with Crippen LogP contribution in [0.25, 0.3) is 5.82 Å². The highest BCUT2D eigenvalue weighted by molar-refractivity contribution is 6.35. The molecule has 0 saturated heterocycles. The van der Waals surface area contributed by atoms with Crippen LogP contribution < -0.4 is 20.6 Å². The number of benzene rings is 2. The van der Waals surface area contributed by atoms with Gasteiger partial charge in [0, 0.05) is 15.6 Å². The van der Waals surface area contributed by atoms with Gasteiger partial charge in [0.15, 0.2) is 17.2 Å². The van der Waals surface area contributed by atoms with Crippen molar-refractivity contribution in [3.63, 3.8) is 0 Å². The maximum absolute atomic E-state index is 12.7. The van der Waals surface area contributed by atoms with Crippen molar-refractivity contribution in [2.75, 3.05) is 12.3 Å². The summed E-state index contributed by atoms with van der Waals surface area (Å²) in [6.07, 6.45) is 1.45. The van der Waals surface area contributed by atoms with Crippen molar-refractivity contribution in [2.45, 2.75) is 20.5 Å². The Bertz CT molecular complexity index is 1420. The zero-order valence-corrected chi connectivity index (χ0v) is 20.6. The van der Waals surface area contributed by atoms with Crippen LogP contribution in [0.4, 0.5) is 5.82 Å². The van der Waals surface area contributed by atoms with E-state index in [0.29, 0.717) is 39.4 Å². The maximum atomic E-state index is 12.7. The number of anilines is 1. The molecule has 186 valence electrons. The van der Waals surface area contributed by atoms with Gasteiger partial charge < -0.3 is 15.2 Å². The van der Waals surface area contributed by atoms with E-state index in [2.05, 4.69) is 35.8 Å². The lowest BCUT2D eigenvalue weighted by atomic mass is 10.2. The Kier molecular flexibility index (Phi) is 7.66. The zero-order chi connectivity index (χ0) is 25.7. The smallest absolute Gasteiger partial charge is 0.292 e. The molecule has 2 aromatic carbocycles. The van der Waals surface area contributed by atoms with Crippen molar-refractivity contribution in [1.82, 2.24) is 30.7 Å². The first-order valence-electron chi connectivity index (χ1n) is 10.5. The number of hydrazone groups is 1. The fraction of sp³-hybridized carbons (Fsp3) is 0.182. The molecule has 0 spiro atoms. The van der Waals surface area contributed by atoms with E-state index >= 15 is 0 Å². The van der Waals surface area contributed by atoms with Crippen LogP contribution in [0.5, 0.6) is 11.5 Å². The molecule has 0 radical (unpaired) electrons. The molecule has 0 aliphatic carbocycles. The second-order valence-corrected chi connectivity index (χ2v) is 8.11. The Labute approximate surface area is 214 Å². The first kappa shape index (κ1) is 24.9. The van der Waals surface area contributed by atoms with Gasteiger partial charge in [0.05, 0.1) is 18.5 Å². The Hall–Kier alpha value is -4.16. The molecule has 12 nitrogen and oxygen atoms in total. The number of ether oxygens (including phenoxy) is 2. The van der Waals surface area contributed by atoms with E-state index in [1.807, 2.05) is 6.92 Å². The number of nitrogens with one attached hydrogen (secondary N) is 1. The number of halogens is 2. The van der Waals surface area contributed by atoms with Gasteiger partial charge in [0.25, 0.3) is 5.91 Å². The van der Waals surface area contributed by atoms with Gasteiger partial charge in [-0.15, -0.1) is 5.10 Å². The van der Waals surface area contributed by atoms with Crippen molar-refractivity contribution in [3.8, 4) is 17.3 Å². The molecule has 2 aromatic heterocycles. The summed E-state index contributed by atoms with van der Waals surface area (Å²) < 4.78 is 17.3. The Morgan fingerprint density at radius 1 is 1.19 bits per heavy atom. The third-order valence-electron chi connectivity index (χ3n) is 4.80. The number of carbonyl (C=O) groups excluding carboxylic acids is 1. The molecule has 0 saturated carbocycles. The van der Waals surface area contributed by atoms with Gasteiger partial charge in [0.1, 0.15) is 6.61 Å². The molecular formula is C22H20Cl2N8O4. The van der Waals surface area contributed by atoms with Crippen molar-refractivity contribution in [3.05, 3.63) is 69.0 Å². The Morgan fingerprint density at radius 2 is 2.03 bits per heavy atom. The van der Waals surface area contributed by atoms with Gasteiger partial charge in [-0.1, -0.05) is 34.5 Å². The van der Waals surface area contributed by atoms with E-state index in [1.54, 1.807) is 43.3 Å². The normalized spacial score (nSPS) is 11.1. The Morgan fingerprint density at radius 3 is 2.75 bits per heavy atom. The van der Waals surface area contributed by atoms with Crippen LogP contribution in [0.1, 0.15) is 34.2 Å². The summed E-state index contributed by atoms with van der Waals surface area (Å²) in [6, 6.07) is 10.4. The first-order valence-corrected chi connectivity index (χ1v) is 11.3. The molecule has 4 aromatic rings. The van der Waals surface area contributed by atoms with E-state index in [4.69, 9.17) is 38.4 Å². The minimum Gasteiger partial charge on any atom is -0.490 e. The quantitative estimate of drug-likeness (QED) is 0.243. The molecule has 0 fully saturated rings. The number of aryl methyl sites for hydroxylation is 1. The van der Waals surface area contributed by atoms with Gasteiger partial charge in [-0.2, -0.15) is 9.78 Å². The second-order valence-electron chi connectivity index (χ2n) is 7.27. The summed E-state index contributed by atoms with van der Waals surface area (Å²) in [5, 5.41) is 19.9. The summed E-state index contributed by atoms with van der Waals surface area (Å²) in [6.45, 7) is 4.12. The largest absolute Gasteiger partial charge is 0.490 e. The second kappa shape index (κ2) is 11.1. The van der Waals surface area contributed by atoms with Crippen molar-refractivity contribution in [2.24, 2.45) is 5.10 Å². The van der Waals surface area contributed by atoms with Crippen LogP contribution in [-0.2, 0) is 6.61 Å². The van der Waals surface area contributed by atoms with Gasteiger partial charge in [-0.05, 0) is 60.1 Å². The summed E-state index contributed by atoms with van der Waals surface area (Å²) >= 11 is 12.2. The lowest BCUT2D eigenvalue weighted by Gasteiger charge is -2.13. The van der Waals surface area contributed by atoms with Gasteiger partial charge in [-0.25, -0.2) is 10.1 Å². The minimum atomic E-state index is -0.582. The molecular weight excluding hydrogens is 511 g/mol. The highest BCUT2D eigenvalue weighted by Gasteiger charge is 2.22. The van der Waals surface area contributed by atoms with Gasteiger partial charge in [0.2, 0.25) is 11.6 Å². The lowest BCUT2D eigenvalue weighted by Crippen LogP contribution is -2.22. The molecule has 0 bridgehead atoms. The number of hydrogen-bond donors (Lipinski definition) is 2. The number of carbonyl (C=O) groups is 1. The average molecular weight is 531 g/mol. The van der Waals surface area contributed by atoms with Crippen molar-refractivity contribution in [1.29, 1.82) is 0 Å². The molecule has 0 aliphatic rings. The summed E-state index contributed by atoms with van der Waals surface area (Å²) in [7, 11) is 0. The molecule has 0 atom stereocenters. The van der Waals surface area contributed by atoms with E-state index in [0.717, 1.165) is 10.2 Å². The fourth-order valence-electron chi connectivity index (χ4n) is 3.11. The third-order valence-corrected chi connectivity index (χ3v) is 5.38. The van der Waals surface area contributed by atoms with Crippen LogP contribution in [0, 0.1) is 6.92 Å². The average Bonchev–Trinajstić information content (AvgIpc) is 3.44. The molecule has 4 rings (SSSR count). The SMILES string of the molecule is CCOc1cc(/C=N/NC(=O)c2c(C)nnn2-c2nonc2N)ccc1OCc1ccc(Cl)cc1Cl. The number of rotatable bonds is 9. The van der Waals surface area contributed by atoms with Gasteiger partial charge >= 0.3 is 0 Å². The highest BCUT2D eigenvalue weighted by atomic mass is 35.5. The molecule has 0 aliphatic heterocycles. The van der Waals surface area contributed by atoms with Crippen molar-refractivity contribution >= 4 is 41.1 Å². The fourth-order valence-corrected chi connectivity index (χ4v) is 3.57.